The summed E-state index contributed by atoms with van der Waals surface area (Å²) in [5.41, 5.74) is 0.600. The summed E-state index contributed by atoms with van der Waals surface area (Å²) < 4.78 is 13.0. The number of benzene rings is 1. The van der Waals surface area contributed by atoms with E-state index in [1.807, 2.05) is 13.8 Å². The van der Waals surface area contributed by atoms with Crippen molar-refractivity contribution in [2.45, 2.75) is 44.6 Å². The number of rotatable bonds is 4. The lowest BCUT2D eigenvalue weighted by atomic mass is 9.84. The summed E-state index contributed by atoms with van der Waals surface area (Å²) in [6.45, 7) is 4.99. The molecule has 5 nitrogen and oxygen atoms in total. The van der Waals surface area contributed by atoms with Crippen LogP contribution in [0.5, 0.6) is 0 Å². The predicted molar refractivity (Wildman–Crippen MR) is 86.6 cm³/mol. The number of amides is 3. The molecule has 3 N–H and O–H groups in total. The Morgan fingerprint density at radius 3 is 2.70 bits per heavy atom. The van der Waals surface area contributed by atoms with E-state index < -0.39 is 6.04 Å². The van der Waals surface area contributed by atoms with Gasteiger partial charge in [0.15, 0.2) is 0 Å². The van der Waals surface area contributed by atoms with Crippen LogP contribution in [-0.4, -0.2) is 31.1 Å². The highest BCUT2D eigenvalue weighted by Gasteiger charge is 2.25. The number of hydrogen-bond acceptors (Lipinski definition) is 2. The lowest BCUT2D eigenvalue weighted by molar-refractivity contribution is -0.122. The van der Waals surface area contributed by atoms with Gasteiger partial charge in [0.05, 0.1) is 0 Å². The van der Waals surface area contributed by atoms with Crippen LogP contribution in [0.3, 0.4) is 0 Å². The van der Waals surface area contributed by atoms with Crippen LogP contribution in [0.2, 0.25) is 0 Å². The van der Waals surface area contributed by atoms with E-state index in [1.54, 1.807) is 12.1 Å². The standard InChI is InChI=1S/C17H24FN3O2/c1-17(2,12-6-8-13(18)9-7-12)11-20-16(23)21-14-5-3-4-10-19-15(14)22/h6-9,14H,3-5,10-11H2,1-2H3,(H,19,22)(H2,20,21,23)/t14-/m1/s1. The molecule has 0 saturated carbocycles. The van der Waals surface area contributed by atoms with E-state index >= 15 is 0 Å². The lowest BCUT2D eigenvalue weighted by Crippen LogP contribution is -2.50. The molecule has 1 aliphatic heterocycles. The fourth-order valence-corrected chi connectivity index (χ4v) is 2.59. The van der Waals surface area contributed by atoms with Gasteiger partial charge in [-0.3, -0.25) is 4.79 Å². The summed E-state index contributed by atoms with van der Waals surface area (Å²) in [6.07, 6.45) is 2.49. The maximum atomic E-state index is 13.0. The molecule has 126 valence electrons. The minimum atomic E-state index is -0.480. The molecule has 6 heteroatoms. The van der Waals surface area contributed by atoms with E-state index in [9.17, 15) is 14.0 Å². The Bertz CT molecular complexity index is 557. The van der Waals surface area contributed by atoms with Crippen molar-refractivity contribution in [3.8, 4) is 0 Å². The molecule has 0 unspecified atom stereocenters. The van der Waals surface area contributed by atoms with Gasteiger partial charge in [0.25, 0.3) is 0 Å². The van der Waals surface area contributed by atoms with E-state index in [0.29, 0.717) is 19.5 Å². The highest BCUT2D eigenvalue weighted by molar-refractivity contribution is 5.87. The number of nitrogens with one attached hydrogen (secondary N) is 3. The Morgan fingerprint density at radius 1 is 1.30 bits per heavy atom. The minimum Gasteiger partial charge on any atom is -0.354 e. The van der Waals surface area contributed by atoms with Crippen molar-refractivity contribution in [2.24, 2.45) is 0 Å². The zero-order valence-corrected chi connectivity index (χ0v) is 13.6. The van der Waals surface area contributed by atoms with Crippen molar-refractivity contribution in [2.75, 3.05) is 13.1 Å². The summed E-state index contributed by atoms with van der Waals surface area (Å²) >= 11 is 0. The second-order valence-corrected chi connectivity index (χ2v) is 6.56. The largest absolute Gasteiger partial charge is 0.354 e. The number of urea groups is 1. The van der Waals surface area contributed by atoms with Crippen LogP contribution in [-0.2, 0) is 10.2 Å². The molecule has 2 rings (SSSR count). The average molecular weight is 321 g/mol. The highest BCUT2D eigenvalue weighted by atomic mass is 19.1. The first-order valence-corrected chi connectivity index (χ1v) is 7.96. The normalized spacial score (nSPS) is 18.7. The molecule has 0 aliphatic carbocycles. The second kappa shape index (κ2) is 7.44. The molecule has 0 spiro atoms. The Balaban J connectivity index is 1.87. The molecule has 1 aromatic rings. The van der Waals surface area contributed by atoms with Crippen LogP contribution in [0.1, 0.15) is 38.7 Å². The van der Waals surface area contributed by atoms with Crippen molar-refractivity contribution >= 4 is 11.9 Å². The predicted octanol–water partition coefficient (Wildman–Crippen LogP) is 2.07. The maximum Gasteiger partial charge on any atom is 0.315 e. The Hall–Kier alpha value is -2.11. The van der Waals surface area contributed by atoms with Crippen LogP contribution < -0.4 is 16.0 Å². The van der Waals surface area contributed by atoms with Gasteiger partial charge in [0.1, 0.15) is 11.9 Å². The van der Waals surface area contributed by atoms with E-state index in [0.717, 1.165) is 18.4 Å². The van der Waals surface area contributed by atoms with Crippen LogP contribution in [0.15, 0.2) is 24.3 Å². The van der Waals surface area contributed by atoms with Crippen LogP contribution in [0.25, 0.3) is 0 Å². The van der Waals surface area contributed by atoms with E-state index in [2.05, 4.69) is 16.0 Å². The third-order valence-electron chi connectivity index (χ3n) is 4.16. The van der Waals surface area contributed by atoms with Crippen molar-refractivity contribution < 1.29 is 14.0 Å². The zero-order chi connectivity index (χ0) is 16.9. The summed E-state index contributed by atoms with van der Waals surface area (Å²) in [4.78, 5) is 23.9. The zero-order valence-electron chi connectivity index (χ0n) is 13.6. The first kappa shape index (κ1) is 17.2. The first-order valence-electron chi connectivity index (χ1n) is 7.96. The number of hydrogen-bond donors (Lipinski definition) is 3. The molecule has 1 heterocycles. The first-order chi connectivity index (χ1) is 10.9. The molecule has 1 aromatic carbocycles. The Kier molecular flexibility index (Phi) is 5.58. The van der Waals surface area contributed by atoms with Crippen molar-refractivity contribution in [3.05, 3.63) is 35.6 Å². The molecule has 1 fully saturated rings. The topological polar surface area (TPSA) is 70.2 Å². The van der Waals surface area contributed by atoms with Crippen LogP contribution >= 0.6 is 0 Å². The van der Waals surface area contributed by atoms with Crippen LogP contribution in [0.4, 0.5) is 9.18 Å². The minimum absolute atomic E-state index is 0.129. The molecule has 0 bridgehead atoms. The highest BCUT2D eigenvalue weighted by Crippen LogP contribution is 2.22. The summed E-state index contributed by atoms with van der Waals surface area (Å²) in [6, 6.07) is 5.41. The maximum absolute atomic E-state index is 13.0. The average Bonchev–Trinajstić information content (AvgIpc) is 2.71. The number of halogens is 1. The molecule has 1 aliphatic rings. The van der Waals surface area contributed by atoms with E-state index in [1.165, 1.54) is 12.1 Å². The fourth-order valence-electron chi connectivity index (χ4n) is 2.59. The van der Waals surface area contributed by atoms with Gasteiger partial charge in [-0.1, -0.05) is 26.0 Å². The summed E-state index contributed by atoms with van der Waals surface area (Å²) in [5.74, 6) is -0.412. The third-order valence-corrected chi connectivity index (χ3v) is 4.16. The van der Waals surface area contributed by atoms with E-state index in [-0.39, 0.29) is 23.2 Å². The second-order valence-electron chi connectivity index (χ2n) is 6.56. The summed E-state index contributed by atoms with van der Waals surface area (Å²) in [7, 11) is 0. The van der Waals surface area contributed by atoms with Crippen molar-refractivity contribution in [1.29, 1.82) is 0 Å². The van der Waals surface area contributed by atoms with Gasteiger partial charge < -0.3 is 16.0 Å². The van der Waals surface area contributed by atoms with Gasteiger partial charge in [-0.05, 0) is 37.0 Å². The van der Waals surface area contributed by atoms with Crippen LogP contribution in [0, 0.1) is 5.82 Å². The van der Waals surface area contributed by atoms with Crippen molar-refractivity contribution in [1.82, 2.24) is 16.0 Å². The number of carbonyl (C=O) groups is 2. The Morgan fingerprint density at radius 2 is 2.00 bits per heavy atom. The third kappa shape index (κ3) is 4.94. The van der Waals surface area contributed by atoms with Gasteiger partial charge in [0.2, 0.25) is 5.91 Å². The SMILES string of the molecule is CC(C)(CNC(=O)N[C@@H]1CCCCNC1=O)c1ccc(F)cc1. The van der Waals surface area contributed by atoms with Gasteiger partial charge in [-0.2, -0.15) is 0 Å². The monoisotopic (exact) mass is 321 g/mol. The van der Waals surface area contributed by atoms with Gasteiger partial charge >= 0.3 is 6.03 Å². The molecular formula is C17H24FN3O2. The molecule has 3 amide bonds. The van der Waals surface area contributed by atoms with Gasteiger partial charge in [0, 0.05) is 18.5 Å². The lowest BCUT2D eigenvalue weighted by Gasteiger charge is -2.26. The quantitative estimate of drug-likeness (QED) is 0.794. The van der Waals surface area contributed by atoms with E-state index in [4.69, 9.17) is 0 Å². The summed E-state index contributed by atoms with van der Waals surface area (Å²) in [5, 5.41) is 8.31. The molecule has 1 atom stereocenters. The molecular weight excluding hydrogens is 297 g/mol. The molecule has 0 aromatic heterocycles. The molecule has 23 heavy (non-hydrogen) atoms. The fraction of sp³-hybridized carbons (Fsp3) is 0.529. The molecule has 0 radical (unpaired) electrons. The van der Waals surface area contributed by atoms with Gasteiger partial charge in [-0.15, -0.1) is 0 Å². The number of carbonyl (C=O) groups excluding carboxylic acids is 2. The Labute approximate surface area is 136 Å². The van der Waals surface area contributed by atoms with Crippen molar-refractivity contribution in [3.63, 3.8) is 0 Å². The smallest absolute Gasteiger partial charge is 0.315 e. The van der Waals surface area contributed by atoms with Gasteiger partial charge in [-0.25, -0.2) is 9.18 Å². The molecule has 1 saturated heterocycles.